The molecule has 1 rings (SSSR count). The Morgan fingerprint density at radius 3 is 2.94 bits per heavy atom. The molecule has 18 heavy (non-hydrogen) atoms. The highest BCUT2D eigenvalue weighted by atomic mass is 79.9. The average molecular weight is 334 g/mol. The van der Waals surface area contributed by atoms with E-state index in [9.17, 15) is 5.11 Å². The lowest BCUT2D eigenvalue weighted by molar-refractivity contribution is 0.0796. The Morgan fingerprint density at radius 1 is 1.61 bits per heavy atom. The van der Waals surface area contributed by atoms with Crippen molar-refractivity contribution in [2.45, 2.75) is 6.10 Å². The number of rotatable bonds is 6. The van der Waals surface area contributed by atoms with Crippen LogP contribution in [0.3, 0.4) is 0 Å². The van der Waals surface area contributed by atoms with Crippen LogP contribution in [0.5, 0.6) is 5.75 Å². The fourth-order valence-corrected chi connectivity index (χ4v) is 2.17. The summed E-state index contributed by atoms with van der Waals surface area (Å²) in [5, 5.41) is 18.8. The molecule has 0 radical (unpaired) electrons. The van der Waals surface area contributed by atoms with Crippen molar-refractivity contribution in [1.29, 1.82) is 5.26 Å². The summed E-state index contributed by atoms with van der Waals surface area (Å²) in [7, 11) is 1.77. The Morgan fingerprint density at radius 2 is 2.33 bits per heavy atom. The van der Waals surface area contributed by atoms with Gasteiger partial charge in [0.05, 0.1) is 17.1 Å². The first-order valence-electron chi connectivity index (χ1n) is 5.34. The number of nitriles is 1. The predicted molar refractivity (Wildman–Crippen MR) is 73.8 cm³/mol. The zero-order chi connectivity index (χ0) is 13.5. The second-order valence-corrected chi connectivity index (χ2v) is 5.19. The topological polar surface area (TPSA) is 56.5 Å². The molecule has 1 aromatic carbocycles. The molecule has 0 aromatic heterocycles. The monoisotopic (exact) mass is 332 g/mol. The first-order valence-corrected chi connectivity index (χ1v) is 6.51. The van der Waals surface area contributed by atoms with E-state index in [0.29, 0.717) is 17.3 Å². The Bertz CT molecular complexity index is 437. The number of nitrogens with zero attached hydrogens (tertiary/aromatic N) is 2. The van der Waals surface area contributed by atoms with E-state index in [1.54, 1.807) is 30.1 Å². The zero-order valence-corrected chi connectivity index (χ0v) is 12.3. The second kappa shape index (κ2) is 7.59. The van der Waals surface area contributed by atoms with E-state index < -0.39 is 6.10 Å². The van der Waals surface area contributed by atoms with Gasteiger partial charge in [0.15, 0.2) is 0 Å². The number of aliphatic hydroxyl groups excluding tert-OH is 1. The number of benzene rings is 1. The zero-order valence-electron chi connectivity index (χ0n) is 9.94. The molecule has 1 aromatic rings. The molecule has 0 aliphatic heterocycles. The van der Waals surface area contributed by atoms with Crippen molar-refractivity contribution in [3.8, 4) is 11.8 Å². The molecule has 0 heterocycles. The summed E-state index contributed by atoms with van der Waals surface area (Å²) in [6.45, 7) is 0.830. The van der Waals surface area contributed by atoms with Crippen molar-refractivity contribution >= 4 is 27.5 Å². The molecule has 98 valence electrons. The van der Waals surface area contributed by atoms with Crippen molar-refractivity contribution < 1.29 is 9.84 Å². The summed E-state index contributed by atoms with van der Waals surface area (Å²) in [5.41, 5.74) is 0. The van der Waals surface area contributed by atoms with E-state index in [-0.39, 0.29) is 13.2 Å². The molecule has 6 heteroatoms. The molecule has 1 N–H and O–H groups in total. The van der Waals surface area contributed by atoms with Crippen molar-refractivity contribution in [1.82, 2.24) is 4.90 Å². The van der Waals surface area contributed by atoms with Crippen LogP contribution in [0.25, 0.3) is 0 Å². The fourth-order valence-electron chi connectivity index (χ4n) is 1.38. The van der Waals surface area contributed by atoms with Crippen LogP contribution in [-0.2, 0) is 0 Å². The predicted octanol–water partition coefficient (Wildman–Crippen LogP) is 2.30. The first kappa shape index (κ1) is 15.3. The van der Waals surface area contributed by atoms with Crippen LogP contribution in [0, 0.1) is 11.3 Å². The fraction of sp³-hybridized carbons (Fsp3) is 0.417. The molecular weight excluding hydrogens is 320 g/mol. The molecular formula is C12H14BrClN2O2. The van der Waals surface area contributed by atoms with Crippen LogP contribution < -0.4 is 4.74 Å². The van der Waals surface area contributed by atoms with Gasteiger partial charge >= 0.3 is 0 Å². The average Bonchev–Trinajstić information content (AvgIpc) is 2.28. The molecule has 0 fully saturated rings. The Hall–Kier alpha value is -0.800. The largest absolute Gasteiger partial charge is 0.490 e. The molecule has 0 aliphatic carbocycles. The van der Waals surface area contributed by atoms with Gasteiger partial charge < -0.3 is 9.84 Å². The number of likely N-dealkylation sites (N-methyl/N-ethyl adjacent to an activating group) is 1. The van der Waals surface area contributed by atoms with Gasteiger partial charge in [-0.05, 0) is 41.2 Å². The third-order valence-corrected chi connectivity index (χ3v) is 3.04. The Labute approximate surface area is 120 Å². The summed E-state index contributed by atoms with van der Waals surface area (Å²) in [6, 6.07) is 7.19. The van der Waals surface area contributed by atoms with Gasteiger partial charge in [0.25, 0.3) is 0 Å². The van der Waals surface area contributed by atoms with Crippen LogP contribution in [0.1, 0.15) is 0 Å². The molecule has 0 saturated heterocycles. The molecule has 0 aliphatic rings. The van der Waals surface area contributed by atoms with Crippen LogP contribution >= 0.6 is 27.5 Å². The van der Waals surface area contributed by atoms with Gasteiger partial charge in [0.1, 0.15) is 18.5 Å². The SMILES string of the molecule is CN(CC#N)CC(O)COc1ccc(Cl)cc1Br. The maximum Gasteiger partial charge on any atom is 0.133 e. The minimum Gasteiger partial charge on any atom is -0.490 e. The van der Waals surface area contributed by atoms with Crippen molar-refractivity contribution in [3.05, 3.63) is 27.7 Å². The highest BCUT2D eigenvalue weighted by Gasteiger charge is 2.10. The van der Waals surface area contributed by atoms with Crippen molar-refractivity contribution in [2.24, 2.45) is 0 Å². The standard InChI is InChI=1S/C12H14BrClN2O2/c1-16(5-4-15)7-10(17)8-18-12-3-2-9(14)6-11(12)13/h2-3,6,10,17H,5,7-8H2,1H3. The molecule has 0 saturated carbocycles. The minimum atomic E-state index is -0.647. The van der Waals surface area contributed by atoms with Crippen LogP contribution in [0.2, 0.25) is 5.02 Å². The van der Waals surface area contributed by atoms with E-state index in [4.69, 9.17) is 21.6 Å². The summed E-state index contributed by atoms with van der Waals surface area (Å²) < 4.78 is 6.21. The van der Waals surface area contributed by atoms with Crippen LogP contribution in [-0.4, -0.2) is 42.9 Å². The first-order chi connectivity index (χ1) is 8.52. The maximum absolute atomic E-state index is 9.74. The third-order valence-electron chi connectivity index (χ3n) is 2.19. The summed E-state index contributed by atoms with van der Waals surface area (Å²) in [5.74, 6) is 0.626. The van der Waals surface area contributed by atoms with E-state index in [0.717, 1.165) is 4.47 Å². The van der Waals surface area contributed by atoms with Gasteiger partial charge in [-0.3, -0.25) is 4.90 Å². The van der Waals surface area contributed by atoms with Crippen LogP contribution in [0.15, 0.2) is 22.7 Å². The van der Waals surface area contributed by atoms with Gasteiger partial charge in [0, 0.05) is 11.6 Å². The number of halogens is 2. The van der Waals surface area contributed by atoms with Crippen molar-refractivity contribution in [3.63, 3.8) is 0 Å². The highest BCUT2D eigenvalue weighted by molar-refractivity contribution is 9.10. The van der Waals surface area contributed by atoms with E-state index in [1.165, 1.54) is 0 Å². The third kappa shape index (κ3) is 5.23. The molecule has 4 nitrogen and oxygen atoms in total. The molecule has 1 unspecified atom stereocenters. The lowest BCUT2D eigenvalue weighted by Gasteiger charge is -2.18. The Balaban J connectivity index is 2.43. The lowest BCUT2D eigenvalue weighted by Crippen LogP contribution is -2.33. The van der Waals surface area contributed by atoms with Crippen molar-refractivity contribution in [2.75, 3.05) is 26.7 Å². The van der Waals surface area contributed by atoms with E-state index in [2.05, 4.69) is 15.9 Å². The summed E-state index contributed by atoms with van der Waals surface area (Å²) >= 11 is 9.14. The van der Waals surface area contributed by atoms with Gasteiger partial charge in [0.2, 0.25) is 0 Å². The molecule has 1 atom stereocenters. The maximum atomic E-state index is 9.74. The number of hydrogen-bond acceptors (Lipinski definition) is 4. The van der Waals surface area contributed by atoms with E-state index >= 15 is 0 Å². The summed E-state index contributed by atoms with van der Waals surface area (Å²) in [4.78, 5) is 1.73. The number of ether oxygens (including phenoxy) is 1. The number of hydrogen-bond donors (Lipinski definition) is 1. The van der Waals surface area contributed by atoms with Gasteiger partial charge in [-0.2, -0.15) is 5.26 Å². The highest BCUT2D eigenvalue weighted by Crippen LogP contribution is 2.27. The van der Waals surface area contributed by atoms with Gasteiger partial charge in [-0.1, -0.05) is 11.6 Å². The molecule has 0 amide bonds. The minimum absolute atomic E-state index is 0.163. The van der Waals surface area contributed by atoms with Gasteiger partial charge in [-0.15, -0.1) is 0 Å². The molecule has 0 bridgehead atoms. The Kier molecular flexibility index (Phi) is 6.44. The second-order valence-electron chi connectivity index (χ2n) is 3.89. The quantitative estimate of drug-likeness (QED) is 0.812. The van der Waals surface area contributed by atoms with Crippen LogP contribution in [0.4, 0.5) is 0 Å². The smallest absolute Gasteiger partial charge is 0.133 e. The molecule has 0 spiro atoms. The van der Waals surface area contributed by atoms with E-state index in [1.807, 2.05) is 6.07 Å². The lowest BCUT2D eigenvalue weighted by atomic mass is 10.3. The number of aliphatic hydroxyl groups is 1. The summed E-state index contributed by atoms with van der Waals surface area (Å²) in [6.07, 6.45) is -0.647. The van der Waals surface area contributed by atoms with Gasteiger partial charge in [-0.25, -0.2) is 0 Å². The normalized spacial score (nSPS) is 12.2.